The van der Waals surface area contributed by atoms with Gasteiger partial charge in [0.15, 0.2) is 0 Å². The summed E-state index contributed by atoms with van der Waals surface area (Å²) >= 11 is 12.1. The smallest absolute Gasteiger partial charge is 0.234 e. The molecule has 1 fully saturated rings. The number of carbonyl (C=O) groups excluding carboxylic acids is 1. The van der Waals surface area contributed by atoms with Crippen molar-refractivity contribution in [3.05, 3.63) is 33.8 Å². The zero-order valence-corrected chi connectivity index (χ0v) is 14.8. The topological polar surface area (TPSA) is 35.6 Å². The summed E-state index contributed by atoms with van der Waals surface area (Å²) in [5.74, 6) is 0.0231. The van der Waals surface area contributed by atoms with Gasteiger partial charge in [-0.25, -0.2) is 0 Å². The van der Waals surface area contributed by atoms with Crippen molar-refractivity contribution in [2.75, 3.05) is 33.2 Å². The average molecular weight is 344 g/mol. The first kappa shape index (κ1) is 17.5. The fraction of sp³-hybridized carbons (Fsp3) is 0.562. The molecule has 2 atom stereocenters. The predicted octanol–water partition coefficient (Wildman–Crippen LogP) is 2.81. The Hall–Kier alpha value is -0.810. The maximum Gasteiger partial charge on any atom is 0.234 e. The van der Waals surface area contributed by atoms with Crippen LogP contribution in [0.5, 0.6) is 0 Å². The van der Waals surface area contributed by atoms with E-state index in [0.29, 0.717) is 22.6 Å². The molecule has 1 aliphatic rings. The lowest BCUT2D eigenvalue weighted by atomic mass is 10.1. The largest absolute Gasteiger partial charge is 0.348 e. The second kappa shape index (κ2) is 7.64. The zero-order valence-electron chi connectivity index (χ0n) is 13.3. The van der Waals surface area contributed by atoms with E-state index < -0.39 is 0 Å². The molecule has 1 aliphatic heterocycles. The molecule has 1 amide bonds. The van der Waals surface area contributed by atoms with Crippen LogP contribution < -0.4 is 5.32 Å². The van der Waals surface area contributed by atoms with Crippen molar-refractivity contribution in [3.63, 3.8) is 0 Å². The summed E-state index contributed by atoms with van der Waals surface area (Å²) in [6, 6.07) is 5.59. The number of nitrogens with one attached hydrogen (secondary N) is 1. The number of carbonyl (C=O) groups is 1. The average Bonchev–Trinajstić information content (AvgIpc) is 2.41. The van der Waals surface area contributed by atoms with Gasteiger partial charge in [-0.2, -0.15) is 0 Å². The molecule has 22 heavy (non-hydrogen) atoms. The Morgan fingerprint density at radius 3 is 2.77 bits per heavy atom. The molecule has 0 radical (unpaired) electrons. The minimum atomic E-state index is -0.139. The van der Waals surface area contributed by atoms with Gasteiger partial charge < -0.3 is 10.2 Å². The van der Waals surface area contributed by atoms with Gasteiger partial charge >= 0.3 is 0 Å². The van der Waals surface area contributed by atoms with Gasteiger partial charge in [-0.05, 0) is 38.6 Å². The first-order chi connectivity index (χ1) is 10.4. The first-order valence-electron chi connectivity index (χ1n) is 7.53. The van der Waals surface area contributed by atoms with Crippen molar-refractivity contribution < 1.29 is 4.79 Å². The van der Waals surface area contributed by atoms with Crippen LogP contribution >= 0.6 is 23.2 Å². The van der Waals surface area contributed by atoms with Crippen molar-refractivity contribution in [1.29, 1.82) is 0 Å². The van der Waals surface area contributed by atoms with Crippen LogP contribution in [0, 0.1) is 0 Å². The highest BCUT2D eigenvalue weighted by Gasteiger charge is 2.24. The summed E-state index contributed by atoms with van der Waals surface area (Å²) in [5, 5.41) is 4.19. The molecule has 0 spiro atoms. The van der Waals surface area contributed by atoms with E-state index in [4.69, 9.17) is 23.2 Å². The SMILES string of the molecule is C[C@H](NC(=O)CN1CCN(C)C[C@H]1C)c1ccc(Cl)cc1Cl. The summed E-state index contributed by atoms with van der Waals surface area (Å²) < 4.78 is 0. The molecule has 6 heteroatoms. The van der Waals surface area contributed by atoms with Crippen LogP contribution in [0.1, 0.15) is 25.5 Å². The van der Waals surface area contributed by atoms with Gasteiger partial charge in [0.2, 0.25) is 5.91 Å². The second-order valence-corrected chi connectivity index (χ2v) is 6.88. The number of benzene rings is 1. The van der Waals surface area contributed by atoms with E-state index in [1.807, 2.05) is 13.0 Å². The van der Waals surface area contributed by atoms with Crippen molar-refractivity contribution in [2.45, 2.75) is 25.9 Å². The van der Waals surface area contributed by atoms with Crippen molar-refractivity contribution in [2.24, 2.45) is 0 Å². The molecule has 0 unspecified atom stereocenters. The second-order valence-electron chi connectivity index (χ2n) is 6.04. The maximum atomic E-state index is 12.3. The standard InChI is InChI=1S/C16H23Cl2N3O/c1-11-9-20(3)6-7-21(11)10-16(22)19-12(2)14-5-4-13(17)8-15(14)18/h4-5,8,11-12H,6-7,9-10H2,1-3H3,(H,19,22)/t11-,12+/m1/s1. The quantitative estimate of drug-likeness (QED) is 0.912. The summed E-state index contributed by atoms with van der Waals surface area (Å²) in [6.45, 7) is 7.41. The van der Waals surface area contributed by atoms with Crippen LogP contribution in [0.2, 0.25) is 10.0 Å². The Morgan fingerprint density at radius 1 is 1.41 bits per heavy atom. The highest BCUT2D eigenvalue weighted by Crippen LogP contribution is 2.26. The molecule has 1 aromatic rings. The highest BCUT2D eigenvalue weighted by molar-refractivity contribution is 6.35. The first-order valence-corrected chi connectivity index (χ1v) is 8.29. The summed E-state index contributed by atoms with van der Waals surface area (Å²) in [7, 11) is 2.11. The van der Waals surface area contributed by atoms with E-state index in [0.717, 1.165) is 25.2 Å². The normalized spacial score (nSPS) is 21.6. The summed E-state index contributed by atoms with van der Waals surface area (Å²) in [4.78, 5) is 16.8. The Labute approximate surface area is 142 Å². The fourth-order valence-corrected chi connectivity index (χ4v) is 3.39. The third-order valence-corrected chi connectivity index (χ3v) is 4.68. The highest BCUT2D eigenvalue weighted by atomic mass is 35.5. The number of hydrogen-bond donors (Lipinski definition) is 1. The molecular weight excluding hydrogens is 321 g/mol. The van der Waals surface area contributed by atoms with Crippen molar-refractivity contribution in [3.8, 4) is 0 Å². The molecule has 0 saturated carbocycles. The van der Waals surface area contributed by atoms with E-state index in [1.54, 1.807) is 12.1 Å². The van der Waals surface area contributed by atoms with Crippen LogP contribution in [-0.4, -0.2) is 55.0 Å². The predicted molar refractivity (Wildman–Crippen MR) is 91.6 cm³/mol. The van der Waals surface area contributed by atoms with Gasteiger partial charge in [-0.3, -0.25) is 9.69 Å². The molecule has 1 aromatic carbocycles. The van der Waals surface area contributed by atoms with Gasteiger partial charge in [-0.1, -0.05) is 29.3 Å². The lowest BCUT2D eigenvalue weighted by Crippen LogP contribution is -2.53. The van der Waals surface area contributed by atoms with Crippen molar-refractivity contribution in [1.82, 2.24) is 15.1 Å². The zero-order chi connectivity index (χ0) is 16.3. The third kappa shape index (κ3) is 4.59. The third-order valence-electron chi connectivity index (χ3n) is 4.12. The summed E-state index contributed by atoms with van der Waals surface area (Å²) in [5.41, 5.74) is 0.880. The van der Waals surface area contributed by atoms with Crippen LogP contribution in [0.3, 0.4) is 0 Å². The Balaban J connectivity index is 1.91. The molecule has 0 bridgehead atoms. The minimum absolute atomic E-state index is 0.0231. The fourth-order valence-electron chi connectivity index (χ4n) is 2.81. The monoisotopic (exact) mass is 343 g/mol. The van der Waals surface area contributed by atoms with Gasteiger partial charge in [0.25, 0.3) is 0 Å². The molecule has 4 nitrogen and oxygen atoms in total. The maximum absolute atomic E-state index is 12.3. The molecule has 1 saturated heterocycles. The van der Waals surface area contributed by atoms with Gasteiger partial charge in [0.05, 0.1) is 12.6 Å². The molecule has 0 aliphatic carbocycles. The number of halogens is 2. The molecule has 122 valence electrons. The lowest BCUT2D eigenvalue weighted by Gasteiger charge is -2.37. The van der Waals surface area contributed by atoms with E-state index in [2.05, 4.69) is 29.1 Å². The number of nitrogens with zero attached hydrogens (tertiary/aromatic N) is 2. The molecule has 1 heterocycles. The molecule has 2 rings (SSSR count). The van der Waals surface area contributed by atoms with Crippen LogP contribution in [0.4, 0.5) is 0 Å². The minimum Gasteiger partial charge on any atom is -0.348 e. The number of piperazine rings is 1. The Morgan fingerprint density at radius 2 is 2.14 bits per heavy atom. The number of amides is 1. The van der Waals surface area contributed by atoms with E-state index >= 15 is 0 Å². The van der Waals surface area contributed by atoms with Gasteiger partial charge in [0, 0.05) is 35.7 Å². The van der Waals surface area contributed by atoms with E-state index in [9.17, 15) is 4.79 Å². The summed E-state index contributed by atoms with van der Waals surface area (Å²) in [6.07, 6.45) is 0. The van der Waals surface area contributed by atoms with Crippen LogP contribution in [0.15, 0.2) is 18.2 Å². The van der Waals surface area contributed by atoms with Crippen molar-refractivity contribution >= 4 is 29.1 Å². The van der Waals surface area contributed by atoms with Gasteiger partial charge in [-0.15, -0.1) is 0 Å². The van der Waals surface area contributed by atoms with E-state index in [-0.39, 0.29) is 11.9 Å². The van der Waals surface area contributed by atoms with E-state index in [1.165, 1.54) is 0 Å². The molecule has 1 N–H and O–H groups in total. The lowest BCUT2D eigenvalue weighted by molar-refractivity contribution is -0.124. The van der Waals surface area contributed by atoms with Crippen LogP contribution in [0.25, 0.3) is 0 Å². The number of likely N-dealkylation sites (N-methyl/N-ethyl adjacent to an activating group) is 1. The Bertz CT molecular complexity index is 538. The van der Waals surface area contributed by atoms with Gasteiger partial charge in [0.1, 0.15) is 0 Å². The number of rotatable bonds is 4. The molecular formula is C16H23Cl2N3O. The van der Waals surface area contributed by atoms with Crippen LogP contribution in [-0.2, 0) is 4.79 Å². The molecule has 0 aromatic heterocycles. The Kier molecular flexibility index (Phi) is 6.09. The number of hydrogen-bond acceptors (Lipinski definition) is 3.